The van der Waals surface area contributed by atoms with Crippen molar-refractivity contribution in [2.75, 3.05) is 0 Å². The van der Waals surface area contributed by atoms with Crippen molar-refractivity contribution < 1.29 is 14.3 Å². The van der Waals surface area contributed by atoms with E-state index in [9.17, 15) is 4.79 Å². The van der Waals surface area contributed by atoms with E-state index in [-0.39, 0.29) is 5.97 Å². The third kappa shape index (κ3) is 2.26. The SMILES string of the molecule is CC(=O)Oc1ccc(OC2CC3C=CC2C3)cc1. The minimum absolute atomic E-state index is 0.304. The summed E-state index contributed by atoms with van der Waals surface area (Å²) in [5, 5.41) is 0. The molecule has 0 aromatic heterocycles. The van der Waals surface area contributed by atoms with Crippen molar-refractivity contribution in [2.24, 2.45) is 11.8 Å². The van der Waals surface area contributed by atoms with Gasteiger partial charge in [0.25, 0.3) is 0 Å². The average molecular weight is 244 g/mol. The number of rotatable bonds is 3. The molecular weight excluding hydrogens is 228 g/mol. The van der Waals surface area contributed by atoms with Gasteiger partial charge in [-0.15, -0.1) is 0 Å². The normalized spacial score (nSPS) is 28.4. The average Bonchev–Trinajstić information content (AvgIpc) is 2.93. The Morgan fingerprint density at radius 3 is 2.39 bits per heavy atom. The maximum Gasteiger partial charge on any atom is 0.308 e. The molecule has 0 spiro atoms. The largest absolute Gasteiger partial charge is 0.490 e. The minimum Gasteiger partial charge on any atom is -0.490 e. The van der Waals surface area contributed by atoms with Crippen LogP contribution in [-0.2, 0) is 4.79 Å². The summed E-state index contributed by atoms with van der Waals surface area (Å²) < 4.78 is 11.0. The van der Waals surface area contributed by atoms with Crippen molar-refractivity contribution in [1.82, 2.24) is 0 Å². The lowest BCUT2D eigenvalue weighted by atomic mass is 10.0. The van der Waals surface area contributed by atoms with Gasteiger partial charge in [0.2, 0.25) is 0 Å². The van der Waals surface area contributed by atoms with Crippen molar-refractivity contribution >= 4 is 5.97 Å². The number of allylic oxidation sites excluding steroid dienone is 1. The molecule has 0 saturated heterocycles. The summed E-state index contributed by atoms with van der Waals surface area (Å²) in [5.74, 6) is 2.38. The fourth-order valence-corrected chi connectivity index (χ4v) is 2.79. The van der Waals surface area contributed by atoms with Crippen LogP contribution < -0.4 is 9.47 Å². The van der Waals surface area contributed by atoms with Crippen LogP contribution in [0.4, 0.5) is 0 Å². The van der Waals surface area contributed by atoms with E-state index in [1.165, 1.54) is 13.3 Å². The number of esters is 1. The zero-order chi connectivity index (χ0) is 12.5. The van der Waals surface area contributed by atoms with Crippen LogP contribution in [0, 0.1) is 11.8 Å². The molecule has 3 atom stereocenters. The van der Waals surface area contributed by atoms with Crippen LogP contribution >= 0.6 is 0 Å². The van der Waals surface area contributed by atoms with Gasteiger partial charge in [0.15, 0.2) is 0 Å². The van der Waals surface area contributed by atoms with Crippen molar-refractivity contribution in [3.8, 4) is 11.5 Å². The maximum absolute atomic E-state index is 10.8. The Morgan fingerprint density at radius 2 is 1.83 bits per heavy atom. The van der Waals surface area contributed by atoms with E-state index >= 15 is 0 Å². The molecule has 2 aliphatic rings. The Labute approximate surface area is 106 Å². The predicted octanol–water partition coefficient (Wildman–Crippen LogP) is 2.96. The molecular formula is C15H16O3. The van der Waals surface area contributed by atoms with Crippen LogP contribution in [0.1, 0.15) is 19.8 Å². The summed E-state index contributed by atoms with van der Waals surface area (Å²) in [5.41, 5.74) is 0. The van der Waals surface area contributed by atoms with Gasteiger partial charge in [-0.1, -0.05) is 12.2 Å². The zero-order valence-corrected chi connectivity index (χ0v) is 10.3. The Morgan fingerprint density at radius 1 is 1.11 bits per heavy atom. The molecule has 18 heavy (non-hydrogen) atoms. The summed E-state index contributed by atoms with van der Waals surface area (Å²) in [7, 11) is 0. The first-order chi connectivity index (χ1) is 8.70. The lowest BCUT2D eigenvalue weighted by molar-refractivity contribution is -0.131. The highest BCUT2D eigenvalue weighted by atomic mass is 16.5. The number of ether oxygens (including phenoxy) is 2. The van der Waals surface area contributed by atoms with Crippen LogP contribution in [0.2, 0.25) is 0 Å². The molecule has 1 aromatic rings. The molecule has 0 N–H and O–H groups in total. The van der Waals surface area contributed by atoms with Crippen LogP contribution in [0.15, 0.2) is 36.4 Å². The molecule has 1 saturated carbocycles. The highest BCUT2D eigenvalue weighted by Crippen LogP contribution is 2.41. The number of benzene rings is 1. The van der Waals surface area contributed by atoms with Crippen molar-refractivity contribution in [3.63, 3.8) is 0 Å². The summed E-state index contributed by atoms with van der Waals surface area (Å²) >= 11 is 0. The van der Waals surface area contributed by atoms with Crippen molar-refractivity contribution in [3.05, 3.63) is 36.4 Å². The summed E-state index contributed by atoms with van der Waals surface area (Å²) in [6.45, 7) is 1.39. The molecule has 0 heterocycles. The molecule has 2 aliphatic carbocycles. The fourth-order valence-electron chi connectivity index (χ4n) is 2.79. The highest BCUT2D eigenvalue weighted by molar-refractivity contribution is 5.69. The Bertz CT molecular complexity index is 475. The van der Waals surface area contributed by atoms with Gasteiger partial charge in [-0.3, -0.25) is 4.79 Å². The second kappa shape index (κ2) is 4.48. The molecule has 1 fully saturated rings. The topological polar surface area (TPSA) is 35.5 Å². The Balaban J connectivity index is 1.63. The van der Waals surface area contributed by atoms with E-state index in [0.717, 1.165) is 12.2 Å². The molecule has 2 bridgehead atoms. The Hall–Kier alpha value is -1.77. The van der Waals surface area contributed by atoms with Gasteiger partial charge in [-0.2, -0.15) is 0 Å². The van der Waals surface area contributed by atoms with Crippen LogP contribution in [-0.4, -0.2) is 12.1 Å². The molecule has 3 rings (SSSR count). The number of carbonyl (C=O) groups is 1. The Kier molecular flexibility index (Phi) is 2.82. The molecule has 0 amide bonds. The smallest absolute Gasteiger partial charge is 0.308 e. The monoisotopic (exact) mass is 244 g/mol. The van der Waals surface area contributed by atoms with E-state index in [4.69, 9.17) is 9.47 Å². The minimum atomic E-state index is -0.304. The van der Waals surface area contributed by atoms with E-state index in [1.807, 2.05) is 12.1 Å². The van der Waals surface area contributed by atoms with E-state index < -0.39 is 0 Å². The molecule has 94 valence electrons. The molecule has 0 radical (unpaired) electrons. The molecule has 3 nitrogen and oxygen atoms in total. The van der Waals surface area contributed by atoms with E-state index in [1.54, 1.807) is 12.1 Å². The molecule has 0 aliphatic heterocycles. The molecule has 3 unspecified atom stereocenters. The van der Waals surface area contributed by atoms with Gasteiger partial charge < -0.3 is 9.47 Å². The zero-order valence-electron chi connectivity index (χ0n) is 10.3. The highest BCUT2D eigenvalue weighted by Gasteiger charge is 2.37. The lowest BCUT2D eigenvalue weighted by Crippen LogP contribution is -2.21. The van der Waals surface area contributed by atoms with Crippen molar-refractivity contribution in [1.29, 1.82) is 0 Å². The van der Waals surface area contributed by atoms with E-state index in [2.05, 4.69) is 12.2 Å². The standard InChI is InChI=1S/C15H16O3/c1-10(16)17-13-4-6-14(7-5-13)18-15-9-11-2-3-12(15)8-11/h2-7,11-12,15H,8-9H2,1H3. The van der Waals surface area contributed by atoms with E-state index in [0.29, 0.717) is 23.7 Å². The molecule has 1 aromatic carbocycles. The van der Waals surface area contributed by atoms with Gasteiger partial charge in [0, 0.05) is 12.8 Å². The maximum atomic E-state index is 10.8. The first-order valence-electron chi connectivity index (χ1n) is 6.34. The van der Waals surface area contributed by atoms with Crippen LogP contribution in [0.3, 0.4) is 0 Å². The molecule has 3 heteroatoms. The first-order valence-corrected chi connectivity index (χ1v) is 6.34. The number of hydrogen-bond donors (Lipinski definition) is 0. The first kappa shape index (κ1) is 11.3. The quantitative estimate of drug-likeness (QED) is 0.466. The summed E-state index contributed by atoms with van der Waals surface area (Å²) in [6, 6.07) is 7.24. The lowest BCUT2D eigenvalue weighted by Gasteiger charge is -2.20. The van der Waals surface area contributed by atoms with Crippen molar-refractivity contribution in [2.45, 2.75) is 25.9 Å². The third-order valence-electron chi connectivity index (χ3n) is 3.59. The number of hydrogen-bond acceptors (Lipinski definition) is 3. The van der Waals surface area contributed by atoms with Gasteiger partial charge in [0.05, 0.1) is 0 Å². The van der Waals surface area contributed by atoms with Gasteiger partial charge in [0.1, 0.15) is 17.6 Å². The van der Waals surface area contributed by atoms with Gasteiger partial charge in [-0.05, 0) is 43.0 Å². The predicted molar refractivity (Wildman–Crippen MR) is 67.5 cm³/mol. The number of carbonyl (C=O) groups excluding carboxylic acids is 1. The second-order valence-corrected chi connectivity index (χ2v) is 5.00. The van der Waals surface area contributed by atoms with Gasteiger partial charge >= 0.3 is 5.97 Å². The fraction of sp³-hybridized carbons (Fsp3) is 0.400. The van der Waals surface area contributed by atoms with Crippen LogP contribution in [0.5, 0.6) is 11.5 Å². The second-order valence-electron chi connectivity index (χ2n) is 5.00. The summed E-state index contributed by atoms with van der Waals surface area (Å²) in [4.78, 5) is 10.8. The van der Waals surface area contributed by atoms with Crippen LogP contribution in [0.25, 0.3) is 0 Å². The number of fused-ring (bicyclic) bond motifs is 2. The van der Waals surface area contributed by atoms with Gasteiger partial charge in [-0.25, -0.2) is 0 Å². The summed E-state index contributed by atoms with van der Waals surface area (Å²) in [6.07, 6.45) is 7.23. The third-order valence-corrected chi connectivity index (χ3v) is 3.59.